The summed E-state index contributed by atoms with van der Waals surface area (Å²) < 4.78 is 0. The van der Waals surface area contributed by atoms with Crippen molar-refractivity contribution in [3.05, 3.63) is 29.8 Å². The van der Waals surface area contributed by atoms with Crippen molar-refractivity contribution in [2.24, 2.45) is 11.8 Å². The van der Waals surface area contributed by atoms with Crippen LogP contribution < -0.4 is 10.6 Å². The van der Waals surface area contributed by atoms with Gasteiger partial charge < -0.3 is 10.6 Å². The van der Waals surface area contributed by atoms with Crippen molar-refractivity contribution < 1.29 is 4.79 Å². The number of fused-ring (bicyclic) bond motifs is 2. The molecule has 1 aliphatic carbocycles. The lowest BCUT2D eigenvalue weighted by atomic mass is 10.0. The molecule has 5 heteroatoms. The van der Waals surface area contributed by atoms with Crippen molar-refractivity contribution in [3.8, 4) is 0 Å². The van der Waals surface area contributed by atoms with Gasteiger partial charge in [0.25, 0.3) is 0 Å². The zero-order valence-corrected chi connectivity index (χ0v) is 12.1. The van der Waals surface area contributed by atoms with E-state index in [1.54, 1.807) is 11.8 Å². The van der Waals surface area contributed by atoms with Gasteiger partial charge in [-0.25, -0.2) is 0 Å². The molecule has 1 saturated heterocycles. The first-order valence-electron chi connectivity index (χ1n) is 6.57. The lowest BCUT2D eigenvalue weighted by Gasteiger charge is -2.13. The van der Waals surface area contributed by atoms with E-state index in [4.69, 9.17) is 0 Å². The van der Waals surface area contributed by atoms with Gasteiger partial charge in [-0.05, 0) is 23.5 Å². The second kappa shape index (κ2) is 5.00. The summed E-state index contributed by atoms with van der Waals surface area (Å²) >= 11 is 1.80. The van der Waals surface area contributed by atoms with E-state index in [0.717, 1.165) is 18.8 Å². The third-order valence-corrected chi connectivity index (χ3v) is 5.60. The summed E-state index contributed by atoms with van der Waals surface area (Å²) in [6.45, 7) is 2.15. The summed E-state index contributed by atoms with van der Waals surface area (Å²) in [6.07, 6.45) is 0. The van der Waals surface area contributed by atoms with Crippen LogP contribution in [0.4, 0.5) is 0 Å². The van der Waals surface area contributed by atoms with E-state index in [1.807, 2.05) is 12.1 Å². The van der Waals surface area contributed by atoms with Gasteiger partial charge in [-0.2, -0.15) is 0 Å². The van der Waals surface area contributed by atoms with Gasteiger partial charge >= 0.3 is 0 Å². The number of hydrogen-bond donors (Lipinski definition) is 2. The fourth-order valence-electron chi connectivity index (χ4n) is 3.28. The lowest BCUT2D eigenvalue weighted by Crippen LogP contribution is -2.35. The molecule has 3 aliphatic rings. The van der Waals surface area contributed by atoms with Gasteiger partial charge in [0.15, 0.2) is 0 Å². The number of benzene rings is 1. The number of nitrogens with one attached hydrogen (secondary N) is 2. The van der Waals surface area contributed by atoms with Crippen molar-refractivity contribution in [2.75, 3.05) is 18.8 Å². The molecule has 2 aliphatic heterocycles. The Morgan fingerprint density at radius 2 is 2.00 bits per heavy atom. The Bertz CT molecular complexity index is 500. The van der Waals surface area contributed by atoms with Gasteiger partial charge in [0.05, 0.1) is 5.92 Å². The highest BCUT2D eigenvalue weighted by atomic mass is 35.5. The Balaban J connectivity index is 0.00000110. The first-order chi connectivity index (χ1) is 8.84. The molecule has 0 radical (unpaired) electrons. The molecule has 1 saturated carbocycles. The molecule has 3 atom stereocenters. The number of carbonyl (C=O) groups is 1. The zero-order chi connectivity index (χ0) is 12.1. The monoisotopic (exact) mass is 296 g/mol. The van der Waals surface area contributed by atoms with Crippen LogP contribution in [0, 0.1) is 11.8 Å². The smallest absolute Gasteiger partial charge is 0.228 e. The van der Waals surface area contributed by atoms with Crippen molar-refractivity contribution in [3.63, 3.8) is 0 Å². The Kier molecular flexibility index (Phi) is 3.50. The molecular weight excluding hydrogens is 280 g/mol. The first-order valence-corrected chi connectivity index (χ1v) is 7.56. The van der Waals surface area contributed by atoms with Crippen LogP contribution in [-0.4, -0.2) is 30.8 Å². The Hall–Kier alpha value is -0.710. The molecule has 1 aromatic carbocycles. The molecule has 19 heavy (non-hydrogen) atoms. The molecule has 1 amide bonds. The van der Waals surface area contributed by atoms with Crippen LogP contribution in [0.3, 0.4) is 0 Å². The molecule has 2 fully saturated rings. The van der Waals surface area contributed by atoms with Crippen LogP contribution in [0.15, 0.2) is 29.2 Å². The van der Waals surface area contributed by atoms with Crippen molar-refractivity contribution in [1.82, 2.24) is 10.6 Å². The fourth-order valence-corrected chi connectivity index (χ4v) is 4.51. The lowest BCUT2D eigenvalue weighted by molar-refractivity contribution is -0.122. The van der Waals surface area contributed by atoms with E-state index in [1.165, 1.54) is 10.5 Å². The predicted molar refractivity (Wildman–Crippen MR) is 78.9 cm³/mol. The highest BCUT2D eigenvalue weighted by molar-refractivity contribution is 7.99. The molecule has 3 unspecified atom stereocenters. The highest BCUT2D eigenvalue weighted by Crippen LogP contribution is 2.43. The van der Waals surface area contributed by atoms with Crippen LogP contribution >= 0.6 is 24.2 Å². The Morgan fingerprint density at radius 3 is 2.79 bits per heavy atom. The van der Waals surface area contributed by atoms with Crippen LogP contribution in [0.2, 0.25) is 0 Å². The van der Waals surface area contributed by atoms with Gasteiger partial charge in [0, 0.05) is 29.8 Å². The first kappa shape index (κ1) is 13.3. The zero-order valence-electron chi connectivity index (χ0n) is 10.5. The number of thioether (sulfide) groups is 1. The third-order valence-electron chi connectivity index (χ3n) is 4.42. The van der Waals surface area contributed by atoms with Gasteiger partial charge in [-0.1, -0.05) is 18.2 Å². The van der Waals surface area contributed by atoms with Crippen molar-refractivity contribution in [1.29, 1.82) is 0 Å². The standard InChI is InChI=1S/C14H16N2OS.ClH/c17-14(16-13-9-5-15-6-10(9)13)11-7-18-12-4-2-1-3-8(11)12;/h1-4,9-11,13,15H,5-7H2,(H,16,17);1H. The summed E-state index contributed by atoms with van der Waals surface area (Å²) in [4.78, 5) is 13.6. The summed E-state index contributed by atoms with van der Waals surface area (Å²) in [5.41, 5.74) is 1.21. The molecular formula is C14H17ClN2OS. The van der Waals surface area contributed by atoms with Crippen LogP contribution in [0.25, 0.3) is 0 Å². The van der Waals surface area contributed by atoms with E-state index in [-0.39, 0.29) is 24.2 Å². The second-order valence-electron chi connectivity index (χ2n) is 5.42. The Labute approximate surface area is 123 Å². The molecule has 3 nitrogen and oxygen atoms in total. The van der Waals surface area contributed by atoms with Crippen LogP contribution in [0.5, 0.6) is 0 Å². The maximum atomic E-state index is 12.3. The van der Waals surface area contributed by atoms with E-state index in [2.05, 4.69) is 22.8 Å². The number of amides is 1. The number of halogens is 1. The topological polar surface area (TPSA) is 41.1 Å². The quantitative estimate of drug-likeness (QED) is 0.872. The summed E-state index contributed by atoms with van der Waals surface area (Å²) in [5.74, 6) is 2.56. The summed E-state index contributed by atoms with van der Waals surface area (Å²) in [6, 6.07) is 8.72. The molecule has 2 heterocycles. The second-order valence-corrected chi connectivity index (χ2v) is 6.48. The minimum Gasteiger partial charge on any atom is -0.352 e. The van der Waals surface area contributed by atoms with E-state index in [0.29, 0.717) is 17.9 Å². The molecule has 102 valence electrons. The largest absolute Gasteiger partial charge is 0.352 e. The molecule has 0 aromatic heterocycles. The fraction of sp³-hybridized carbons (Fsp3) is 0.500. The van der Waals surface area contributed by atoms with Crippen molar-refractivity contribution in [2.45, 2.75) is 16.9 Å². The van der Waals surface area contributed by atoms with E-state index < -0.39 is 0 Å². The maximum absolute atomic E-state index is 12.3. The molecule has 0 bridgehead atoms. The highest BCUT2D eigenvalue weighted by Gasteiger charge is 2.54. The van der Waals surface area contributed by atoms with Gasteiger partial charge in [0.1, 0.15) is 0 Å². The minimum absolute atomic E-state index is 0. The van der Waals surface area contributed by atoms with Crippen molar-refractivity contribution >= 4 is 30.1 Å². The number of carbonyl (C=O) groups excluding carboxylic acids is 1. The van der Waals surface area contributed by atoms with Gasteiger partial charge in [-0.15, -0.1) is 24.2 Å². The predicted octanol–water partition coefficient (Wildman–Crippen LogP) is 1.63. The Morgan fingerprint density at radius 1 is 1.26 bits per heavy atom. The number of piperidine rings is 1. The molecule has 0 spiro atoms. The van der Waals surface area contributed by atoms with Crippen LogP contribution in [0.1, 0.15) is 11.5 Å². The summed E-state index contributed by atoms with van der Waals surface area (Å²) in [5, 5.41) is 6.60. The third kappa shape index (κ3) is 2.16. The average molecular weight is 297 g/mol. The van der Waals surface area contributed by atoms with Gasteiger partial charge in [0.2, 0.25) is 5.91 Å². The average Bonchev–Trinajstić information content (AvgIpc) is 2.84. The van der Waals surface area contributed by atoms with Crippen LogP contribution in [-0.2, 0) is 4.79 Å². The molecule has 1 aromatic rings. The normalized spacial score (nSPS) is 34.1. The molecule has 2 N–H and O–H groups in total. The van der Waals surface area contributed by atoms with E-state index >= 15 is 0 Å². The minimum atomic E-state index is 0. The maximum Gasteiger partial charge on any atom is 0.228 e. The van der Waals surface area contributed by atoms with Gasteiger partial charge in [-0.3, -0.25) is 4.79 Å². The number of rotatable bonds is 2. The van der Waals surface area contributed by atoms with E-state index in [9.17, 15) is 4.79 Å². The number of hydrogen-bond acceptors (Lipinski definition) is 3. The summed E-state index contributed by atoms with van der Waals surface area (Å²) in [7, 11) is 0. The SMILES string of the molecule is Cl.O=C(NC1C2CNCC21)C1CSc2ccccc21. The molecule has 4 rings (SSSR count).